The first kappa shape index (κ1) is 65.8. The molecule has 0 N–H and O–H groups in total. The molecule has 398 valence electrons. The lowest BCUT2D eigenvalue weighted by Gasteiger charge is -2.18. The van der Waals surface area contributed by atoms with Crippen molar-refractivity contribution in [1.82, 2.24) is 0 Å². The van der Waals surface area contributed by atoms with Gasteiger partial charge in [0.1, 0.15) is 13.2 Å². The smallest absolute Gasteiger partial charge is 0.306 e. The molecule has 0 fully saturated rings. The van der Waals surface area contributed by atoms with E-state index in [9.17, 15) is 14.4 Å². The van der Waals surface area contributed by atoms with E-state index < -0.39 is 6.10 Å². The van der Waals surface area contributed by atoms with Crippen molar-refractivity contribution < 1.29 is 28.6 Å². The SMILES string of the molecule is CC/C=C\C/C=C\C/C=C\C/C=C\CCCCCCC(=O)OC(COC(=O)CCCCCCC/C=C\C/C=C\CCCC)COC(=O)CCCCCCCCCCCCCCCCCCCCCC. The minimum Gasteiger partial charge on any atom is -0.462 e. The van der Waals surface area contributed by atoms with Gasteiger partial charge in [-0.15, -0.1) is 0 Å². The monoisotopic (exact) mass is 963 g/mol. The third-order valence-electron chi connectivity index (χ3n) is 12.7. The second-order valence-corrected chi connectivity index (χ2v) is 19.5. The fraction of sp³-hybridized carbons (Fsp3) is 0.762. The Morgan fingerprint density at radius 1 is 0.304 bits per heavy atom. The second kappa shape index (κ2) is 57.4. The van der Waals surface area contributed by atoms with Gasteiger partial charge in [-0.25, -0.2) is 0 Å². The number of hydrogen-bond donors (Lipinski definition) is 0. The van der Waals surface area contributed by atoms with Crippen molar-refractivity contribution >= 4 is 17.9 Å². The zero-order valence-corrected chi connectivity index (χ0v) is 45.6. The molecule has 0 aromatic heterocycles. The van der Waals surface area contributed by atoms with Crippen LogP contribution in [0.25, 0.3) is 0 Å². The molecule has 0 bridgehead atoms. The highest BCUT2D eigenvalue weighted by Gasteiger charge is 2.19. The molecule has 6 heteroatoms. The molecule has 6 nitrogen and oxygen atoms in total. The topological polar surface area (TPSA) is 78.9 Å². The summed E-state index contributed by atoms with van der Waals surface area (Å²) in [7, 11) is 0. The van der Waals surface area contributed by atoms with Gasteiger partial charge in [-0.3, -0.25) is 14.4 Å². The third kappa shape index (κ3) is 55.6. The van der Waals surface area contributed by atoms with E-state index in [-0.39, 0.29) is 31.1 Å². The van der Waals surface area contributed by atoms with Gasteiger partial charge in [-0.2, -0.15) is 0 Å². The van der Waals surface area contributed by atoms with Gasteiger partial charge >= 0.3 is 17.9 Å². The highest BCUT2D eigenvalue weighted by atomic mass is 16.6. The summed E-state index contributed by atoms with van der Waals surface area (Å²) in [4.78, 5) is 38.2. The van der Waals surface area contributed by atoms with Crippen LogP contribution >= 0.6 is 0 Å². The molecule has 1 unspecified atom stereocenters. The van der Waals surface area contributed by atoms with E-state index in [1.165, 1.54) is 128 Å². The fourth-order valence-electron chi connectivity index (χ4n) is 8.27. The average Bonchev–Trinajstić information content (AvgIpc) is 3.35. The van der Waals surface area contributed by atoms with Crippen LogP contribution in [0.5, 0.6) is 0 Å². The Bertz CT molecular complexity index is 1290. The molecule has 0 aromatic rings. The molecule has 0 rings (SSSR count). The van der Waals surface area contributed by atoms with Crippen LogP contribution in [0.3, 0.4) is 0 Å². The second-order valence-electron chi connectivity index (χ2n) is 19.5. The van der Waals surface area contributed by atoms with Crippen molar-refractivity contribution in [3.8, 4) is 0 Å². The fourth-order valence-corrected chi connectivity index (χ4v) is 8.27. The van der Waals surface area contributed by atoms with Crippen molar-refractivity contribution in [2.45, 2.75) is 297 Å². The van der Waals surface area contributed by atoms with Crippen molar-refractivity contribution in [2.24, 2.45) is 0 Å². The Morgan fingerprint density at radius 2 is 0.580 bits per heavy atom. The van der Waals surface area contributed by atoms with Gasteiger partial charge < -0.3 is 14.2 Å². The number of carbonyl (C=O) groups is 3. The highest BCUT2D eigenvalue weighted by Crippen LogP contribution is 2.16. The quantitative estimate of drug-likeness (QED) is 0.0262. The molecule has 0 heterocycles. The summed E-state index contributed by atoms with van der Waals surface area (Å²) in [6, 6.07) is 0. The molecule has 0 saturated heterocycles. The van der Waals surface area contributed by atoms with Crippen LogP contribution < -0.4 is 0 Å². The van der Waals surface area contributed by atoms with Crippen molar-refractivity contribution in [2.75, 3.05) is 13.2 Å². The highest BCUT2D eigenvalue weighted by molar-refractivity contribution is 5.71. The van der Waals surface area contributed by atoms with E-state index >= 15 is 0 Å². The zero-order valence-electron chi connectivity index (χ0n) is 45.6. The van der Waals surface area contributed by atoms with Crippen LogP contribution in [0.1, 0.15) is 290 Å². The molecule has 0 saturated carbocycles. The lowest BCUT2D eigenvalue weighted by atomic mass is 10.0. The summed E-state index contributed by atoms with van der Waals surface area (Å²) < 4.78 is 16.9. The van der Waals surface area contributed by atoms with E-state index in [0.717, 1.165) is 122 Å². The van der Waals surface area contributed by atoms with Crippen LogP contribution in [0.4, 0.5) is 0 Å². The molecule has 0 aromatic carbocycles. The van der Waals surface area contributed by atoms with Crippen LogP contribution in [-0.2, 0) is 28.6 Å². The van der Waals surface area contributed by atoms with Crippen LogP contribution in [0.15, 0.2) is 72.9 Å². The summed E-state index contributed by atoms with van der Waals surface area (Å²) in [6.07, 6.45) is 73.2. The molecular formula is C63H110O6. The van der Waals surface area contributed by atoms with E-state index in [0.29, 0.717) is 19.3 Å². The largest absolute Gasteiger partial charge is 0.462 e. The average molecular weight is 964 g/mol. The standard InChI is InChI=1S/C63H110O6/c1-4-7-10-13-16-19-22-25-28-30-31-32-34-35-38-41-44-47-50-53-56-62(65)68-59-60(58-67-61(64)55-52-49-46-43-40-37-27-24-21-18-15-12-9-6-3)69-63(66)57-54-51-48-45-42-39-36-33-29-26-23-20-17-14-11-8-5-2/h8,11,15,17-18,20,24,26-27,29,36,39,60H,4-7,9-10,12-14,16,19,21-23,25,28,30-35,37-38,40-59H2,1-3H3/b11-8-,18-15-,20-17-,27-24-,29-26-,39-36-. The van der Waals surface area contributed by atoms with Gasteiger partial charge in [0.05, 0.1) is 0 Å². The van der Waals surface area contributed by atoms with E-state index in [2.05, 4.69) is 93.7 Å². The Kier molecular flexibility index (Phi) is 54.8. The van der Waals surface area contributed by atoms with Crippen LogP contribution in [0, 0.1) is 0 Å². The third-order valence-corrected chi connectivity index (χ3v) is 12.7. The first-order valence-electron chi connectivity index (χ1n) is 29.4. The lowest BCUT2D eigenvalue weighted by molar-refractivity contribution is -0.167. The van der Waals surface area contributed by atoms with Crippen molar-refractivity contribution in [1.29, 1.82) is 0 Å². The normalized spacial score (nSPS) is 12.6. The van der Waals surface area contributed by atoms with Crippen LogP contribution in [0.2, 0.25) is 0 Å². The molecule has 0 aliphatic rings. The molecule has 0 amide bonds. The molecule has 69 heavy (non-hydrogen) atoms. The van der Waals surface area contributed by atoms with E-state index in [1.54, 1.807) is 0 Å². The Balaban J connectivity index is 4.38. The number of allylic oxidation sites excluding steroid dienone is 12. The van der Waals surface area contributed by atoms with E-state index in [1.807, 2.05) is 0 Å². The maximum atomic E-state index is 12.9. The Labute approximate surface area is 427 Å². The predicted octanol–water partition coefficient (Wildman–Crippen LogP) is 19.8. The first-order valence-corrected chi connectivity index (χ1v) is 29.4. The van der Waals surface area contributed by atoms with Gasteiger partial charge in [-0.1, -0.05) is 261 Å². The summed E-state index contributed by atoms with van der Waals surface area (Å²) in [5.74, 6) is -0.916. The number of carbonyl (C=O) groups excluding carboxylic acids is 3. The number of unbranched alkanes of at least 4 members (excludes halogenated alkanes) is 30. The molecule has 0 aliphatic carbocycles. The number of hydrogen-bond acceptors (Lipinski definition) is 6. The van der Waals surface area contributed by atoms with Gasteiger partial charge in [-0.05, 0) is 83.5 Å². The maximum Gasteiger partial charge on any atom is 0.306 e. The lowest BCUT2D eigenvalue weighted by Crippen LogP contribution is -2.30. The molecule has 1 atom stereocenters. The molecule has 0 spiro atoms. The summed E-state index contributed by atoms with van der Waals surface area (Å²) >= 11 is 0. The van der Waals surface area contributed by atoms with Crippen molar-refractivity contribution in [3.63, 3.8) is 0 Å². The molecule has 0 aliphatic heterocycles. The summed E-state index contributed by atoms with van der Waals surface area (Å²) in [5, 5.41) is 0. The maximum absolute atomic E-state index is 12.9. The number of ether oxygens (including phenoxy) is 3. The first-order chi connectivity index (χ1) is 34.0. The van der Waals surface area contributed by atoms with Gasteiger partial charge in [0.25, 0.3) is 0 Å². The van der Waals surface area contributed by atoms with Gasteiger partial charge in [0.2, 0.25) is 0 Å². The van der Waals surface area contributed by atoms with E-state index in [4.69, 9.17) is 14.2 Å². The summed E-state index contributed by atoms with van der Waals surface area (Å²) in [6.45, 7) is 6.48. The van der Waals surface area contributed by atoms with Crippen LogP contribution in [-0.4, -0.2) is 37.2 Å². The predicted molar refractivity (Wildman–Crippen MR) is 298 cm³/mol. The minimum atomic E-state index is -0.793. The molecule has 0 radical (unpaired) electrons. The zero-order chi connectivity index (χ0) is 50.0. The number of rotatable bonds is 53. The van der Waals surface area contributed by atoms with Crippen molar-refractivity contribution in [3.05, 3.63) is 72.9 Å². The number of esters is 3. The summed E-state index contributed by atoms with van der Waals surface area (Å²) in [5.41, 5.74) is 0. The molecular weight excluding hydrogens is 853 g/mol. The van der Waals surface area contributed by atoms with Gasteiger partial charge in [0.15, 0.2) is 6.10 Å². The minimum absolute atomic E-state index is 0.0878. The Hall–Kier alpha value is -3.15. The van der Waals surface area contributed by atoms with Gasteiger partial charge in [0, 0.05) is 19.3 Å². The Morgan fingerprint density at radius 3 is 0.928 bits per heavy atom.